The van der Waals surface area contributed by atoms with Gasteiger partial charge in [0.25, 0.3) is 5.91 Å². The van der Waals surface area contributed by atoms with Gasteiger partial charge < -0.3 is 15.5 Å². The summed E-state index contributed by atoms with van der Waals surface area (Å²) in [6.45, 7) is 0.870. The smallest absolute Gasteiger partial charge is 0.343 e. The van der Waals surface area contributed by atoms with Crippen LogP contribution in [0.15, 0.2) is 24.3 Å². The number of halogens is 3. The Morgan fingerprint density at radius 3 is 2.64 bits per heavy atom. The van der Waals surface area contributed by atoms with E-state index in [1.807, 2.05) is 0 Å². The topological polar surface area (TPSA) is 61.4 Å². The number of carbonyl (C=O) groups is 2. The first kappa shape index (κ1) is 17.7. The minimum absolute atomic E-state index is 0.262. The number of benzene rings is 1. The van der Waals surface area contributed by atoms with Crippen molar-refractivity contribution in [1.82, 2.24) is 15.5 Å². The van der Waals surface area contributed by atoms with Gasteiger partial charge in [0.05, 0.1) is 17.7 Å². The molecule has 25 heavy (non-hydrogen) atoms. The maximum Gasteiger partial charge on any atom is 0.417 e. The van der Waals surface area contributed by atoms with Crippen molar-refractivity contribution in [2.24, 2.45) is 0 Å². The first-order valence-corrected chi connectivity index (χ1v) is 8.33. The van der Waals surface area contributed by atoms with E-state index in [1.54, 1.807) is 4.90 Å². The molecule has 2 aliphatic rings. The summed E-state index contributed by atoms with van der Waals surface area (Å²) in [5, 5.41) is 5.77. The fraction of sp³-hybridized carbons (Fsp3) is 0.529. The molecule has 136 valence electrons. The predicted molar refractivity (Wildman–Crippen MR) is 84.9 cm³/mol. The van der Waals surface area contributed by atoms with E-state index in [0.717, 1.165) is 31.4 Å². The van der Waals surface area contributed by atoms with Crippen molar-refractivity contribution in [2.75, 3.05) is 19.6 Å². The maximum absolute atomic E-state index is 13.0. The van der Waals surface area contributed by atoms with Gasteiger partial charge >= 0.3 is 6.18 Å². The van der Waals surface area contributed by atoms with Crippen molar-refractivity contribution in [3.05, 3.63) is 35.4 Å². The van der Waals surface area contributed by atoms with E-state index in [0.29, 0.717) is 19.1 Å². The van der Waals surface area contributed by atoms with Crippen LogP contribution in [0.3, 0.4) is 0 Å². The van der Waals surface area contributed by atoms with Crippen molar-refractivity contribution in [2.45, 2.75) is 37.5 Å². The fourth-order valence-electron chi connectivity index (χ4n) is 3.46. The highest BCUT2D eigenvalue weighted by atomic mass is 19.4. The molecule has 0 radical (unpaired) electrons. The molecule has 2 amide bonds. The first-order valence-electron chi connectivity index (χ1n) is 8.33. The number of nitrogens with zero attached hydrogens (tertiary/aromatic N) is 1. The molecule has 8 heteroatoms. The number of fused-ring (bicyclic) bond motifs is 2. The van der Waals surface area contributed by atoms with Crippen molar-refractivity contribution < 1.29 is 22.8 Å². The summed E-state index contributed by atoms with van der Waals surface area (Å²) in [6.07, 6.45) is -1.64. The Labute approximate surface area is 143 Å². The van der Waals surface area contributed by atoms with Gasteiger partial charge in [-0.15, -0.1) is 0 Å². The van der Waals surface area contributed by atoms with Crippen LogP contribution >= 0.6 is 0 Å². The van der Waals surface area contributed by atoms with Crippen LogP contribution in [-0.2, 0) is 11.0 Å². The minimum atomic E-state index is -4.62. The summed E-state index contributed by atoms with van der Waals surface area (Å²) in [4.78, 5) is 26.1. The number of alkyl halides is 3. The number of nitrogens with one attached hydrogen (secondary N) is 2. The number of amides is 2. The molecule has 0 aromatic heterocycles. The van der Waals surface area contributed by atoms with Crippen LogP contribution in [0, 0.1) is 0 Å². The van der Waals surface area contributed by atoms with E-state index in [9.17, 15) is 22.8 Å². The average molecular weight is 355 g/mol. The van der Waals surface area contributed by atoms with Gasteiger partial charge in [-0.1, -0.05) is 12.1 Å². The van der Waals surface area contributed by atoms with Crippen LogP contribution in [0.4, 0.5) is 13.2 Å². The third-order valence-electron chi connectivity index (χ3n) is 4.75. The molecule has 2 atom stereocenters. The molecule has 0 aliphatic carbocycles. The molecule has 2 saturated heterocycles. The Balaban J connectivity index is 1.60. The van der Waals surface area contributed by atoms with Gasteiger partial charge in [0.15, 0.2) is 0 Å². The van der Waals surface area contributed by atoms with E-state index in [-0.39, 0.29) is 18.5 Å². The first-order chi connectivity index (χ1) is 11.8. The number of likely N-dealkylation sites (tertiary alicyclic amines) is 1. The van der Waals surface area contributed by atoms with Gasteiger partial charge in [-0.05, 0) is 31.4 Å². The highest BCUT2D eigenvalue weighted by Gasteiger charge is 2.35. The molecule has 2 N–H and O–H groups in total. The van der Waals surface area contributed by atoms with Gasteiger partial charge in [0, 0.05) is 25.2 Å². The molecule has 3 rings (SSSR count). The molecule has 2 bridgehead atoms. The van der Waals surface area contributed by atoms with Crippen LogP contribution in [0.1, 0.15) is 35.2 Å². The molecule has 1 aromatic rings. The number of hydrogen-bond donors (Lipinski definition) is 2. The van der Waals surface area contributed by atoms with Crippen molar-refractivity contribution in [3.63, 3.8) is 0 Å². The monoisotopic (exact) mass is 355 g/mol. The zero-order valence-corrected chi connectivity index (χ0v) is 13.6. The zero-order valence-electron chi connectivity index (χ0n) is 13.6. The Morgan fingerprint density at radius 2 is 1.88 bits per heavy atom. The lowest BCUT2D eigenvalue weighted by molar-refractivity contribution is -0.137. The maximum atomic E-state index is 13.0. The van der Waals surface area contributed by atoms with Gasteiger partial charge in [-0.2, -0.15) is 13.2 Å². The molecule has 2 fully saturated rings. The van der Waals surface area contributed by atoms with Crippen LogP contribution in [0.25, 0.3) is 0 Å². The molecular weight excluding hydrogens is 335 g/mol. The minimum Gasteiger partial charge on any atom is -0.343 e. The van der Waals surface area contributed by atoms with Gasteiger partial charge in [0.1, 0.15) is 0 Å². The Kier molecular flexibility index (Phi) is 4.99. The Hall–Kier alpha value is -2.09. The molecule has 2 heterocycles. The third-order valence-corrected chi connectivity index (χ3v) is 4.75. The predicted octanol–water partition coefficient (Wildman–Crippen LogP) is 1.79. The average Bonchev–Trinajstić information content (AvgIpc) is 2.90. The van der Waals surface area contributed by atoms with E-state index in [1.165, 1.54) is 12.1 Å². The second kappa shape index (κ2) is 7.03. The van der Waals surface area contributed by atoms with Crippen LogP contribution < -0.4 is 10.6 Å². The van der Waals surface area contributed by atoms with E-state index >= 15 is 0 Å². The van der Waals surface area contributed by atoms with Crippen molar-refractivity contribution in [3.8, 4) is 0 Å². The molecule has 5 nitrogen and oxygen atoms in total. The quantitative estimate of drug-likeness (QED) is 0.869. The number of hydrogen-bond acceptors (Lipinski definition) is 3. The number of carbonyl (C=O) groups excluding carboxylic acids is 2. The highest BCUT2D eigenvalue weighted by Crippen LogP contribution is 2.31. The highest BCUT2D eigenvalue weighted by molar-refractivity contribution is 5.97. The van der Waals surface area contributed by atoms with Crippen molar-refractivity contribution >= 4 is 11.8 Å². The number of rotatable bonds is 3. The lowest BCUT2D eigenvalue weighted by atomic mass is 10.1. The Morgan fingerprint density at radius 1 is 1.16 bits per heavy atom. The fourth-order valence-corrected chi connectivity index (χ4v) is 3.46. The molecule has 2 aliphatic heterocycles. The zero-order chi connectivity index (χ0) is 18.0. The molecule has 2 unspecified atom stereocenters. The summed E-state index contributed by atoms with van der Waals surface area (Å²) in [5.74, 6) is -1.16. The second-order valence-corrected chi connectivity index (χ2v) is 6.49. The van der Waals surface area contributed by atoms with E-state index in [4.69, 9.17) is 0 Å². The summed E-state index contributed by atoms with van der Waals surface area (Å²) in [6, 6.07) is 5.24. The summed E-state index contributed by atoms with van der Waals surface area (Å²) in [7, 11) is 0. The largest absolute Gasteiger partial charge is 0.417 e. The van der Waals surface area contributed by atoms with E-state index in [2.05, 4.69) is 10.6 Å². The third kappa shape index (κ3) is 4.12. The SMILES string of the molecule is O=C(NCC(=O)N1CCC2CCC(C1)N2)c1ccccc1C(F)(F)F. The van der Waals surface area contributed by atoms with Crippen LogP contribution in [0.5, 0.6) is 0 Å². The van der Waals surface area contributed by atoms with Gasteiger partial charge in [-0.25, -0.2) is 0 Å². The molecular formula is C17H20F3N3O2. The van der Waals surface area contributed by atoms with Crippen LogP contribution in [-0.4, -0.2) is 48.4 Å². The molecule has 0 spiro atoms. The normalized spacial score (nSPS) is 23.2. The lowest BCUT2D eigenvalue weighted by Gasteiger charge is -2.24. The van der Waals surface area contributed by atoms with Crippen molar-refractivity contribution in [1.29, 1.82) is 0 Å². The standard InChI is InChI=1S/C17H20F3N3O2/c18-17(19,20)14-4-2-1-3-13(14)16(25)21-9-15(24)23-8-7-11-5-6-12(10-23)22-11/h1-4,11-12,22H,5-10H2,(H,21,25). The summed E-state index contributed by atoms with van der Waals surface area (Å²) < 4.78 is 38.9. The molecule has 1 aromatic carbocycles. The van der Waals surface area contributed by atoms with E-state index < -0.39 is 23.2 Å². The van der Waals surface area contributed by atoms with Gasteiger partial charge in [-0.3, -0.25) is 9.59 Å². The summed E-state index contributed by atoms with van der Waals surface area (Å²) in [5.41, 5.74) is -1.48. The second-order valence-electron chi connectivity index (χ2n) is 6.49. The van der Waals surface area contributed by atoms with Gasteiger partial charge in [0.2, 0.25) is 5.91 Å². The summed E-state index contributed by atoms with van der Waals surface area (Å²) >= 11 is 0. The van der Waals surface area contributed by atoms with Crippen LogP contribution in [0.2, 0.25) is 0 Å². The molecule has 0 saturated carbocycles. The Bertz CT molecular complexity index is 663. The lowest BCUT2D eigenvalue weighted by Crippen LogP contribution is -2.44.